The van der Waals surface area contributed by atoms with Gasteiger partial charge < -0.3 is 10.0 Å². The van der Waals surface area contributed by atoms with Gasteiger partial charge in [0.05, 0.1) is 6.42 Å². The number of carbonyl (C=O) groups is 3. The molecule has 19 heavy (non-hydrogen) atoms. The Kier molecular flexibility index (Phi) is 5.32. The second-order valence-corrected chi connectivity index (χ2v) is 5.40. The number of hydrogen-bond donors (Lipinski definition) is 2. The van der Waals surface area contributed by atoms with Gasteiger partial charge in [0, 0.05) is 19.5 Å². The fourth-order valence-corrected chi connectivity index (χ4v) is 2.08. The predicted octanol–water partition coefficient (Wildman–Crippen LogP) is 1.60. The Morgan fingerprint density at radius 1 is 1.21 bits per heavy atom. The number of aliphatic carboxylic acids is 1. The highest BCUT2D eigenvalue weighted by Crippen LogP contribution is 2.33. The van der Waals surface area contributed by atoms with Crippen LogP contribution >= 0.6 is 0 Å². The van der Waals surface area contributed by atoms with Crippen LogP contribution in [0.25, 0.3) is 0 Å². The van der Waals surface area contributed by atoms with Crippen molar-refractivity contribution in [1.29, 1.82) is 0 Å². The van der Waals surface area contributed by atoms with Gasteiger partial charge in [-0.2, -0.15) is 0 Å². The Bertz CT molecular complexity index is 360. The number of rotatable bonds is 4. The smallest absolute Gasteiger partial charge is 0.324 e. The Balaban J connectivity index is 2.35. The summed E-state index contributed by atoms with van der Waals surface area (Å²) in [4.78, 5) is 35.1. The van der Waals surface area contributed by atoms with Crippen LogP contribution in [-0.2, 0) is 9.59 Å². The molecule has 0 unspecified atom stereocenters. The van der Waals surface area contributed by atoms with E-state index in [2.05, 4.69) is 19.2 Å². The maximum absolute atomic E-state index is 11.8. The minimum atomic E-state index is -1.04. The lowest BCUT2D eigenvalue weighted by atomic mass is 9.78. The highest BCUT2D eigenvalue weighted by Gasteiger charge is 2.30. The first-order valence-corrected chi connectivity index (χ1v) is 6.67. The third kappa shape index (κ3) is 4.89. The Labute approximate surface area is 113 Å². The number of hydrogen-bond acceptors (Lipinski definition) is 3. The summed E-state index contributed by atoms with van der Waals surface area (Å²) in [6.45, 7) is 5.64. The van der Waals surface area contributed by atoms with Gasteiger partial charge in [-0.15, -0.1) is 0 Å². The molecule has 1 rings (SSSR count). The minimum Gasteiger partial charge on any atom is -0.481 e. The summed E-state index contributed by atoms with van der Waals surface area (Å²) < 4.78 is 0. The fourth-order valence-electron chi connectivity index (χ4n) is 2.08. The fraction of sp³-hybridized carbons (Fsp3) is 0.769. The first-order chi connectivity index (χ1) is 8.86. The van der Waals surface area contributed by atoms with E-state index in [0.717, 1.165) is 19.3 Å². The number of nitrogens with zero attached hydrogens (tertiary/aromatic N) is 1. The molecule has 0 aliphatic carbocycles. The van der Waals surface area contributed by atoms with Crippen LogP contribution in [0.15, 0.2) is 0 Å². The Morgan fingerprint density at radius 3 is 2.26 bits per heavy atom. The van der Waals surface area contributed by atoms with E-state index in [0.29, 0.717) is 13.1 Å². The molecule has 3 amide bonds. The molecule has 6 nitrogen and oxygen atoms in total. The van der Waals surface area contributed by atoms with Gasteiger partial charge in [-0.1, -0.05) is 20.3 Å². The molecule has 0 atom stereocenters. The van der Waals surface area contributed by atoms with E-state index >= 15 is 0 Å². The van der Waals surface area contributed by atoms with Crippen molar-refractivity contribution in [3.63, 3.8) is 0 Å². The highest BCUT2D eigenvalue weighted by molar-refractivity contribution is 5.95. The average Bonchev–Trinajstić information content (AvgIpc) is 2.37. The molecule has 1 saturated heterocycles. The molecule has 2 N–H and O–H groups in total. The molecule has 1 aliphatic rings. The standard InChI is InChI=1S/C13H22N2O4/c1-3-13(2)6-8-15(9-7-13)12(19)14-10(16)4-5-11(17)18/h3-9H2,1-2H3,(H,17,18)(H,14,16,19). The van der Waals surface area contributed by atoms with Gasteiger partial charge in [0.15, 0.2) is 0 Å². The highest BCUT2D eigenvalue weighted by atomic mass is 16.4. The van der Waals surface area contributed by atoms with E-state index < -0.39 is 17.9 Å². The Hall–Kier alpha value is -1.59. The maximum atomic E-state index is 11.8. The van der Waals surface area contributed by atoms with Gasteiger partial charge in [-0.3, -0.25) is 14.9 Å². The number of carboxylic acid groups (broad SMARTS) is 1. The van der Waals surface area contributed by atoms with Crippen LogP contribution in [0.4, 0.5) is 4.79 Å². The first kappa shape index (κ1) is 15.5. The number of imide groups is 1. The summed E-state index contributed by atoms with van der Waals surface area (Å²) in [6.07, 6.45) is 2.52. The average molecular weight is 270 g/mol. The molecule has 6 heteroatoms. The van der Waals surface area contributed by atoms with Gasteiger partial charge in [0.25, 0.3) is 0 Å². The minimum absolute atomic E-state index is 0.165. The molecule has 0 bridgehead atoms. The third-order valence-corrected chi connectivity index (χ3v) is 3.92. The van der Waals surface area contributed by atoms with Gasteiger partial charge in [0.1, 0.15) is 0 Å². The lowest BCUT2D eigenvalue weighted by Crippen LogP contribution is -2.48. The summed E-state index contributed by atoms with van der Waals surface area (Å²) in [5.41, 5.74) is 0.282. The summed E-state index contributed by atoms with van der Waals surface area (Å²) in [5, 5.41) is 10.7. The van der Waals surface area contributed by atoms with E-state index in [1.54, 1.807) is 4.90 Å². The zero-order chi connectivity index (χ0) is 14.5. The zero-order valence-corrected chi connectivity index (χ0v) is 11.6. The predicted molar refractivity (Wildman–Crippen MR) is 69.6 cm³/mol. The molecule has 0 aromatic rings. The molecule has 0 saturated carbocycles. The quantitative estimate of drug-likeness (QED) is 0.812. The van der Waals surface area contributed by atoms with Crippen LogP contribution in [0.5, 0.6) is 0 Å². The SMILES string of the molecule is CCC1(C)CCN(C(=O)NC(=O)CCC(=O)O)CC1. The molecular weight excluding hydrogens is 248 g/mol. The maximum Gasteiger partial charge on any atom is 0.324 e. The second-order valence-electron chi connectivity index (χ2n) is 5.40. The van der Waals surface area contributed by atoms with Crippen LogP contribution in [-0.4, -0.2) is 41.0 Å². The van der Waals surface area contributed by atoms with Crippen LogP contribution < -0.4 is 5.32 Å². The molecule has 1 heterocycles. The lowest BCUT2D eigenvalue weighted by Gasteiger charge is -2.38. The third-order valence-electron chi connectivity index (χ3n) is 3.92. The summed E-state index contributed by atoms with van der Waals surface area (Å²) >= 11 is 0. The van der Waals surface area contributed by atoms with Crippen LogP contribution in [0, 0.1) is 5.41 Å². The zero-order valence-electron chi connectivity index (χ0n) is 11.6. The largest absolute Gasteiger partial charge is 0.481 e. The number of urea groups is 1. The molecule has 0 aromatic carbocycles. The van der Waals surface area contributed by atoms with Crippen molar-refractivity contribution in [1.82, 2.24) is 10.2 Å². The lowest BCUT2D eigenvalue weighted by molar-refractivity contribution is -0.138. The number of piperidine rings is 1. The molecule has 0 aromatic heterocycles. The van der Waals surface area contributed by atoms with E-state index in [1.807, 2.05) is 0 Å². The molecule has 1 aliphatic heterocycles. The topological polar surface area (TPSA) is 86.7 Å². The normalized spacial score (nSPS) is 17.9. The van der Waals surface area contributed by atoms with Crippen molar-refractivity contribution < 1.29 is 19.5 Å². The second kappa shape index (κ2) is 6.54. The summed E-state index contributed by atoms with van der Waals surface area (Å²) in [5.74, 6) is -1.57. The van der Waals surface area contributed by atoms with E-state index in [-0.39, 0.29) is 18.3 Å². The van der Waals surface area contributed by atoms with Gasteiger partial charge in [0.2, 0.25) is 5.91 Å². The molecule has 0 spiro atoms. The van der Waals surface area contributed by atoms with E-state index in [9.17, 15) is 14.4 Å². The van der Waals surface area contributed by atoms with Crippen LogP contribution in [0.3, 0.4) is 0 Å². The van der Waals surface area contributed by atoms with Crippen molar-refractivity contribution in [2.45, 2.75) is 46.0 Å². The van der Waals surface area contributed by atoms with Crippen molar-refractivity contribution in [3.05, 3.63) is 0 Å². The summed E-state index contributed by atoms with van der Waals surface area (Å²) in [6, 6.07) is -0.409. The van der Waals surface area contributed by atoms with Crippen molar-refractivity contribution in [3.8, 4) is 0 Å². The Morgan fingerprint density at radius 2 is 1.79 bits per heavy atom. The molecule has 108 valence electrons. The van der Waals surface area contributed by atoms with Gasteiger partial charge in [-0.05, 0) is 18.3 Å². The molecule has 0 radical (unpaired) electrons. The van der Waals surface area contributed by atoms with E-state index in [4.69, 9.17) is 5.11 Å². The van der Waals surface area contributed by atoms with E-state index in [1.165, 1.54) is 0 Å². The summed E-state index contributed by atoms with van der Waals surface area (Å²) in [7, 11) is 0. The van der Waals surface area contributed by atoms with Crippen LogP contribution in [0.1, 0.15) is 46.0 Å². The number of nitrogens with one attached hydrogen (secondary N) is 1. The number of likely N-dealkylation sites (tertiary alicyclic amines) is 1. The van der Waals surface area contributed by atoms with Gasteiger partial charge in [-0.25, -0.2) is 4.79 Å². The van der Waals surface area contributed by atoms with Crippen molar-refractivity contribution in [2.75, 3.05) is 13.1 Å². The number of carboxylic acids is 1. The number of amides is 3. The molecule has 1 fully saturated rings. The monoisotopic (exact) mass is 270 g/mol. The van der Waals surface area contributed by atoms with Gasteiger partial charge >= 0.3 is 12.0 Å². The van der Waals surface area contributed by atoms with Crippen molar-refractivity contribution >= 4 is 17.9 Å². The number of carbonyl (C=O) groups excluding carboxylic acids is 2. The molecular formula is C13H22N2O4. The first-order valence-electron chi connectivity index (χ1n) is 6.67. The van der Waals surface area contributed by atoms with Crippen molar-refractivity contribution in [2.24, 2.45) is 5.41 Å². The van der Waals surface area contributed by atoms with Crippen LogP contribution in [0.2, 0.25) is 0 Å².